The SMILES string of the molecule is CC(C)c1nc(C(=O)N2CCSCC2C)n[nH]1. The number of hydrogen-bond donors (Lipinski definition) is 1. The second kappa shape index (κ2) is 5.08. The van der Waals surface area contributed by atoms with Crippen molar-refractivity contribution < 1.29 is 4.79 Å². The van der Waals surface area contributed by atoms with Crippen LogP contribution in [-0.4, -0.2) is 50.1 Å². The van der Waals surface area contributed by atoms with Crippen molar-refractivity contribution in [2.75, 3.05) is 18.1 Å². The minimum atomic E-state index is -0.0547. The number of aromatic amines is 1. The molecule has 1 atom stereocenters. The molecule has 0 spiro atoms. The van der Waals surface area contributed by atoms with Crippen LogP contribution in [0, 0.1) is 0 Å². The van der Waals surface area contributed by atoms with E-state index in [-0.39, 0.29) is 17.9 Å². The molecule has 1 fully saturated rings. The predicted octanol–water partition coefficient (Wildman–Crippen LogP) is 1.51. The van der Waals surface area contributed by atoms with E-state index in [2.05, 4.69) is 22.1 Å². The summed E-state index contributed by atoms with van der Waals surface area (Å²) in [6, 6.07) is 0.266. The minimum Gasteiger partial charge on any atom is -0.332 e. The molecule has 1 aliphatic heterocycles. The van der Waals surface area contributed by atoms with E-state index in [4.69, 9.17) is 0 Å². The van der Waals surface area contributed by atoms with Gasteiger partial charge in [0, 0.05) is 30.0 Å². The zero-order chi connectivity index (χ0) is 12.4. The Morgan fingerprint density at radius 3 is 2.94 bits per heavy atom. The van der Waals surface area contributed by atoms with Crippen LogP contribution in [0.15, 0.2) is 0 Å². The van der Waals surface area contributed by atoms with Gasteiger partial charge in [-0.2, -0.15) is 11.8 Å². The van der Waals surface area contributed by atoms with Gasteiger partial charge >= 0.3 is 0 Å². The number of carbonyl (C=O) groups excluding carboxylic acids is 1. The van der Waals surface area contributed by atoms with Crippen molar-refractivity contribution in [2.24, 2.45) is 0 Å². The highest BCUT2D eigenvalue weighted by atomic mass is 32.2. The van der Waals surface area contributed by atoms with Crippen LogP contribution in [0.25, 0.3) is 0 Å². The van der Waals surface area contributed by atoms with E-state index >= 15 is 0 Å². The Labute approximate surface area is 105 Å². The zero-order valence-corrected chi connectivity index (χ0v) is 11.3. The molecular formula is C11H18N4OS. The van der Waals surface area contributed by atoms with Gasteiger partial charge < -0.3 is 4.90 Å². The molecule has 1 unspecified atom stereocenters. The molecular weight excluding hydrogens is 236 g/mol. The molecule has 94 valence electrons. The molecule has 6 heteroatoms. The molecule has 0 aromatic carbocycles. The lowest BCUT2D eigenvalue weighted by Crippen LogP contribution is -2.44. The van der Waals surface area contributed by atoms with E-state index in [9.17, 15) is 4.79 Å². The first kappa shape index (κ1) is 12.4. The third kappa shape index (κ3) is 2.62. The maximum atomic E-state index is 12.2. The van der Waals surface area contributed by atoms with Crippen molar-refractivity contribution in [1.82, 2.24) is 20.1 Å². The summed E-state index contributed by atoms with van der Waals surface area (Å²) in [6.45, 7) is 6.90. The Morgan fingerprint density at radius 1 is 1.59 bits per heavy atom. The maximum Gasteiger partial charge on any atom is 0.293 e. The number of H-pyrrole nitrogens is 1. The highest BCUT2D eigenvalue weighted by Gasteiger charge is 2.27. The average Bonchev–Trinajstić information content (AvgIpc) is 2.78. The van der Waals surface area contributed by atoms with E-state index in [1.54, 1.807) is 0 Å². The number of amides is 1. The van der Waals surface area contributed by atoms with Crippen LogP contribution in [-0.2, 0) is 0 Å². The summed E-state index contributed by atoms with van der Waals surface area (Å²) in [5.74, 6) is 3.27. The molecule has 0 aliphatic carbocycles. The third-order valence-electron chi connectivity index (χ3n) is 2.87. The van der Waals surface area contributed by atoms with Gasteiger partial charge in [-0.15, -0.1) is 5.10 Å². The first-order valence-corrected chi connectivity index (χ1v) is 7.06. The van der Waals surface area contributed by atoms with Crippen LogP contribution in [0.1, 0.15) is 43.1 Å². The van der Waals surface area contributed by atoms with E-state index < -0.39 is 0 Å². The molecule has 1 N–H and O–H groups in total. The number of thioether (sulfide) groups is 1. The van der Waals surface area contributed by atoms with Crippen LogP contribution >= 0.6 is 11.8 Å². The summed E-state index contributed by atoms with van der Waals surface area (Å²) in [5, 5.41) is 6.84. The lowest BCUT2D eigenvalue weighted by Gasteiger charge is -2.32. The Balaban J connectivity index is 2.12. The van der Waals surface area contributed by atoms with Crippen molar-refractivity contribution in [2.45, 2.75) is 32.7 Å². The molecule has 1 aromatic heterocycles. The number of nitrogens with one attached hydrogen (secondary N) is 1. The molecule has 0 bridgehead atoms. The van der Waals surface area contributed by atoms with Crippen LogP contribution in [0.4, 0.5) is 0 Å². The third-order valence-corrected chi connectivity index (χ3v) is 4.06. The standard InChI is InChI=1S/C11H18N4OS/c1-7(2)9-12-10(14-13-9)11(16)15-4-5-17-6-8(15)3/h7-8H,4-6H2,1-3H3,(H,12,13,14). The maximum absolute atomic E-state index is 12.2. The predicted molar refractivity (Wildman–Crippen MR) is 68.3 cm³/mol. The summed E-state index contributed by atoms with van der Waals surface area (Å²) in [5.41, 5.74) is 0. The molecule has 1 amide bonds. The van der Waals surface area contributed by atoms with Gasteiger partial charge in [0.2, 0.25) is 5.82 Å². The van der Waals surface area contributed by atoms with Gasteiger partial charge in [-0.05, 0) is 6.92 Å². The number of aromatic nitrogens is 3. The van der Waals surface area contributed by atoms with Crippen molar-refractivity contribution in [3.05, 3.63) is 11.6 Å². The van der Waals surface area contributed by atoms with Crippen molar-refractivity contribution in [1.29, 1.82) is 0 Å². The lowest BCUT2D eigenvalue weighted by atomic mass is 10.2. The summed E-state index contributed by atoms with van der Waals surface area (Å²) in [7, 11) is 0. The van der Waals surface area contributed by atoms with Crippen LogP contribution in [0.3, 0.4) is 0 Å². The van der Waals surface area contributed by atoms with Crippen molar-refractivity contribution in [3.63, 3.8) is 0 Å². The topological polar surface area (TPSA) is 61.9 Å². The van der Waals surface area contributed by atoms with Crippen molar-refractivity contribution in [3.8, 4) is 0 Å². The first-order chi connectivity index (χ1) is 8.09. The Hall–Kier alpha value is -1.04. The number of carbonyl (C=O) groups is 1. The highest BCUT2D eigenvalue weighted by molar-refractivity contribution is 7.99. The Morgan fingerprint density at radius 2 is 2.35 bits per heavy atom. The van der Waals surface area contributed by atoms with Gasteiger partial charge in [0.1, 0.15) is 5.82 Å². The minimum absolute atomic E-state index is 0.0547. The molecule has 1 saturated heterocycles. The molecule has 2 heterocycles. The Bertz CT molecular complexity index is 404. The fourth-order valence-corrected chi connectivity index (χ4v) is 2.80. The normalized spacial score (nSPS) is 20.9. The number of hydrogen-bond acceptors (Lipinski definition) is 4. The number of nitrogens with zero attached hydrogens (tertiary/aromatic N) is 3. The van der Waals surface area contributed by atoms with E-state index in [0.29, 0.717) is 5.82 Å². The lowest BCUT2D eigenvalue weighted by molar-refractivity contribution is 0.0704. The largest absolute Gasteiger partial charge is 0.332 e. The van der Waals surface area contributed by atoms with Gasteiger partial charge in [-0.25, -0.2) is 4.98 Å². The molecule has 1 aromatic rings. The van der Waals surface area contributed by atoms with E-state index in [1.807, 2.05) is 30.5 Å². The van der Waals surface area contributed by atoms with Crippen LogP contribution in [0.5, 0.6) is 0 Å². The first-order valence-electron chi connectivity index (χ1n) is 5.90. The van der Waals surface area contributed by atoms with Gasteiger partial charge in [-0.3, -0.25) is 9.89 Å². The summed E-state index contributed by atoms with van der Waals surface area (Å²) in [6.07, 6.45) is 0. The quantitative estimate of drug-likeness (QED) is 0.869. The van der Waals surface area contributed by atoms with E-state index in [1.165, 1.54) is 0 Å². The molecule has 2 rings (SSSR count). The second-order valence-electron chi connectivity index (χ2n) is 4.62. The average molecular weight is 254 g/mol. The van der Waals surface area contributed by atoms with Gasteiger partial charge in [0.25, 0.3) is 5.91 Å². The van der Waals surface area contributed by atoms with Crippen molar-refractivity contribution >= 4 is 17.7 Å². The van der Waals surface area contributed by atoms with Crippen LogP contribution in [0.2, 0.25) is 0 Å². The van der Waals surface area contributed by atoms with Gasteiger partial charge in [0.15, 0.2) is 0 Å². The monoisotopic (exact) mass is 254 g/mol. The zero-order valence-electron chi connectivity index (χ0n) is 10.4. The fraction of sp³-hybridized carbons (Fsp3) is 0.727. The van der Waals surface area contributed by atoms with Crippen LogP contribution < -0.4 is 0 Å². The summed E-state index contributed by atoms with van der Waals surface area (Å²) >= 11 is 1.89. The fourth-order valence-electron chi connectivity index (χ4n) is 1.79. The molecule has 1 aliphatic rings. The summed E-state index contributed by atoms with van der Waals surface area (Å²) < 4.78 is 0. The van der Waals surface area contributed by atoms with E-state index in [0.717, 1.165) is 23.9 Å². The highest BCUT2D eigenvalue weighted by Crippen LogP contribution is 2.18. The molecule has 0 radical (unpaired) electrons. The molecule has 17 heavy (non-hydrogen) atoms. The van der Waals surface area contributed by atoms with Gasteiger partial charge in [0.05, 0.1) is 0 Å². The number of rotatable bonds is 2. The molecule has 5 nitrogen and oxygen atoms in total. The second-order valence-corrected chi connectivity index (χ2v) is 5.77. The molecule has 0 saturated carbocycles. The smallest absolute Gasteiger partial charge is 0.293 e. The van der Waals surface area contributed by atoms with Gasteiger partial charge in [-0.1, -0.05) is 13.8 Å². The summed E-state index contributed by atoms with van der Waals surface area (Å²) in [4.78, 5) is 18.3. The Kier molecular flexibility index (Phi) is 3.71.